The van der Waals surface area contributed by atoms with Crippen molar-refractivity contribution in [2.24, 2.45) is 5.73 Å². The van der Waals surface area contributed by atoms with Crippen LogP contribution in [0.4, 0.5) is 0 Å². The Hall–Kier alpha value is -1.39. The van der Waals surface area contributed by atoms with Gasteiger partial charge in [-0.05, 0) is 31.6 Å². The fourth-order valence-electron chi connectivity index (χ4n) is 2.40. The van der Waals surface area contributed by atoms with Gasteiger partial charge in [-0.2, -0.15) is 0 Å². The van der Waals surface area contributed by atoms with Gasteiger partial charge in [0.15, 0.2) is 0 Å². The lowest BCUT2D eigenvalue weighted by Gasteiger charge is -2.36. The molecule has 0 saturated heterocycles. The molecule has 0 aliphatic carbocycles. The average Bonchev–Trinajstić information content (AvgIpc) is 2.48. The summed E-state index contributed by atoms with van der Waals surface area (Å²) in [5, 5.41) is 3.38. The van der Waals surface area contributed by atoms with Crippen LogP contribution in [0.5, 0.6) is 0 Å². The molecule has 1 amide bonds. The van der Waals surface area contributed by atoms with Crippen molar-refractivity contribution in [3.8, 4) is 0 Å². The number of primary amides is 1. The first-order valence-electron chi connectivity index (χ1n) is 7.43. The van der Waals surface area contributed by atoms with Gasteiger partial charge in [0.25, 0.3) is 0 Å². The second-order valence-corrected chi connectivity index (χ2v) is 5.02. The number of benzene rings is 1. The summed E-state index contributed by atoms with van der Waals surface area (Å²) in [5.74, 6) is -0.316. The molecular weight excluding hydrogens is 250 g/mol. The Bertz CT molecular complexity index is 403. The van der Waals surface area contributed by atoms with Gasteiger partial charge >= 0.3 is 0 Å². The number of rotatable bonds is 9. The van der Waals surface area contributed by atoms with E-state index in [-0.39, 0.29) is 5.91 Å². The van der Waals surface area contributed by atoms with Crippen LogP contribution in [0.25, 0.3) is 0 Å². The van der Waals surface area contributed by atoms with Crippen LogP contribution in [0.2, 0.25) is 0 Å². The van der Waals surface area contributed by atoms with E-state index in [1.54, 1.807) is 0 Å². The maximum atomic E-state index is 12.2. The second kappa shape index (κ2) is 8.02. The molecule has 3 N–H and O–H groups in total. The minimum absolute atomic E-state index is 0.316. The number of carbonyl (C=O) groups is 1. The Kier molecular flexibility index (Phi) is 6.68. The fourth-order valence-corrected chi connectivity index (χ4v) is 2.40. The van der Waals surface area contributed by atoms with Gasteiger partial charge in [-0.25, -0.2) is 0 Å². The third kappa shape index (κ3) is 3.81. The Labute approximate surface area is 122 Å². The first kappa shape index (κ1) is 16.7. The normalized spacial score (nSPS) is 14.2. The predicted molar refractivity (Wildman–Crippen MR) is 83.4 cm³/mol. The van der Waals surface area contributed by atoms with Crippen molar-refractivity contribution < 1.29 is 4.79 Å². The zero-order valence-electron chi connectivity index (χ0n) is 12.9. The van der Waals surface area contributed by atoms with Crippen molar-refractivity contribution in [1.29, 1.82) is 0 Å². The third-order valence-corrected chi connectivity index (χ3v) is 3.72. The van der Waals surface area contributed by atoms with Crippen LogP contribution < -0.4 is 11.1 Å². The van der Waals surface area contributed by atoms with Crippen molar-refractivity contribution >= 4 is 5.91 Å². The molecule has 4 nitrogen and oxygen atoms in total. The smallest absolute Gasteiger partial charge is 0.243 e. The Morgan fingerprint density at radius 1 is 1.20 bits per heavy atom. The van der Waals surface area contributed by atoms with Crippen LogP contribution in [-0.2, 0) is 10.3 Å². The molecule has 0 spiro atoms. The lowest BCUT2D eigenvalue weighted by Crippen LogP contribution is -2.59. The summed E-state index contributed by atoms with van der Waals surface area (Å²) in [6, 6.07) is 9.78. The van der Waals surface area contributed by atoms with Gasteiger partial charge in [0.2, 0.25) is 5.91 Å². The number of nitrogens with one attached hydrogen (secondary N) is 1. The van der Waals surface area contributed by atoms with E-state index in [1.807, 2.05) is 30.3 Å². The zero-order valence-corrected chi connectivity index (χ0v) is 12.9. The van der Waals surface area contributed by atoms with E-state index in [2.05, 4.69) is 31.0 Å². The topological polar surface area (TPSA) is 58.4 Å². The van der Waals surface area contributed by atoms with E-state index in [0.717, 1.165) is 31.6 Å². The molecule has 0 radical (unpaired) electrons. The minimum Gasteiger partial charge on any atom is -0.368 e. The highest BCUT2D eigenvalue weighted by Gasteiger charge is 2.39. The molecule has 0 aliphatic rings. The second-order valence-electron chi connectivity index (χ2n) is 5.02. The van der Waals surface area contributed by atoms with Crippen molar-refractivity contribution in [2.45, 2.75) is 32.7 Å². The molecule has 4 heteroatoms. The number of amides is 1. The molecule has 0 heterocycles. The summed E-state index contributed by atoms with van der Waals surface area (Å²) >= 11 is 0. The number of hydrogen-bond acceptors (Lipinski definition) is 3. The highest BCUT2D eigenvalue weighted by molar-refractivity contribution is 5.86. The Morgan fingerprint density at radius 2 is 1.80 bits per heavy atom. The van der Waals surface area contributed by atoms with E-state index in [4.69, 9.17) is 5.73 Å². The maximum absolute atomic E-state index is 12.2. The summed E-state index contributed by atoms with van der Waals surface area (Å²) < 4.78 is 0. The van der Waals surface area contributed by atoms with Crippen molar-refractivity contribution in [3.63, 3.8) is 0 Å². The van der Waals surface area contributed by atoms with Crippen LogP contribution in [0, 0.1) is 0 Å². The van der Waals surface area contributed by atoms with Gasteiger partial charge in [-0.3, -0.25) is 10.1 Å². The molecule has 112 valence electrons. The van der Waals surface area contributed by atoms with Crippen molar-refractivity contribution in [2.75, 3.05) is 26.2 Å². The summed E-state index contributed by atoms with van der Waals surface area (Å²) in [6.07, 6.45) is 0.958. The molecule has 0 bridgehead atoms. The quantitative estimate of drug-likeness (QED) is 0.722. The van der Waals surface area contributed by atoms with Crippen LogP contribution in [-0.4, -0.2) is 37.0 Å². The summed E-state index contributed by atoms with van der Waals surface area (Å²) in [6.45, 7) is 9.43. The minimum atomic E-state index is -0.816. The molecule has 20 heavy (non-hydrogen) atoms. The van der Waals surface area contributed by atoms with Gasteiger partial charge in [-0.1, -0.05) is 51.1 Å². The van der Waals surface area contributed by atoms with Crippen LogP contribution in [0.15, 0.2) is 30.3 Å². The van der Waals surface area contributed by atoms with Gasteiger partial charge in [0.05, 0.1) is 0 Å². The van der Waals surface area contributed by atoms with E-state index < -0.39 is 5.54 Å². The first-order valence-corrected chi connectivity index (χ1v) is 7.43. The van der Waals surface area contributed by atoms with E-state index in [1.165, 1.54) is 0 Å². The molecule has 1 unspecified atom stereocenters. The third-order valence-electron chi connectivity index (χ3n) is 3.72. The predicted octanol–water partition coefficient (Wildman–Crippen LogP) is 1.71. The van der Waals surface area contributed by atoms with E-state index >= 15 is 0 Å². The fraction of sp³-hybridized carbons (Fsp3) is 0.562. The van der Waals surface area contributed by atoms with E-state index in [0.29, 0.717) is 6.54 Å². The molecule has 1 atom stereocenters. The van der Waals surface area contributed by atoms with Crippen LogP contribution >= 0.6 is 0 Å². The van der Waals surface area contributed by atoms with Crippen molar-refractivity contribution in [3.05, 3.63) is 35.9 Å². The van der Waals surface area contributed by atoms with Gasteiger partial charge in [0.1, 0.15) is 5.54 Å². The highest BCUT2D eigenvalue weighted by atomic mass is 16.1. The summed E-state index contributed by atoms with van der Waals surface area (Å²) in [5.41, 5.74) is 5.90. The molecule has 1 aromatic rings. The van der Waals surface area contributed by atoms with Gasteiger partial charge in [0, 0.05) is 6.54 Å². The maximum Gasteiger partial charge on any atom is 0.243 e. The standard InChI is InChI=1S/C16H27N3O/c1-4-12-18-16(15(17)20,13-19(5-2)6-3)14-10-8-7-9-11-14/h7-11,18H,4-6,12-13H2,1-3H3,(H2,17,20). The number of likely N-dealkylation sites (N-methyl/N-ethyl adjacent to an activating group) is 1. The Morgan fingerprint density at radius 3 is 2.25 bits per heavy atom. The average molecular weight is 277 g/mol. The first-order chi connectivity index (χ1) is 9.60. The largest absolute Gasteiger partial charge is 0.368 e. The monoisotopic (exact) mass is 277 g/mol. The number of hydrogen-bond donors (Lipinski definition) is 2. The highest BCUT2D eigenvalue weighted by Crippen LogP contribution is 2.22. The zero-order chi connectivity index (χ0) is 15.0. The van der Waals surface area contributed by atoms with Crippen LogP contribution in [0.1, 0.15) is 32.8 Å². The molecule has 0 aromatic heterocycles. The lowest BCUT2D eigenvalue weighted by molar-refractivity contribution is -0.125. The van der Waals surface area contributed by atoms with Gasteiger partial charge in [-0.15, -0.1) is 0 Å². The molecule has 0 saturated carbocycles. The Balaban J connectivity index is 3.17. The van der Waals surface area contributed by atoms with Crippen molar-refractivity contribution in [1.82, 2.24) is 10.2 Å². The SMILES string of the molecule is CCCNC(CN(CC)CC)(C(N)=O)c1ccccc1. The number of nitrogens with two attached hydrogens (primary N) is 1. The molecule has 0 fully saturated rings. The van der Waals surface area contributed by atoms with Crippen LogP contribution in [0.3, 0.4) is 0 Å². The number of carbonyl (C=O) groups excluding carboxylic acids is 1. The summed E-state index contributed by atoms with van der Waals surface area (Å²) in [7, 11) is 0. The van der Waals surface area contributed by atoms with E-state index in [9.17, 15) is 4.79 Å². The number of nitrogens with zero attached hydrogens (tertiary/aromatic N) is 1. The van der Waals surface area contributed by atoms with Gasteiger partial charge < -0.3 is 10.6 Å². The molecule has 1 rings (SSSR count). The summed E-state index contributed by atoms with van der Waals surface area (Å²) in [4.78, 5) is 14.5. The lowest BCUT2D eigenvalue weighted by atomic mass is 9.88. The molecule has 0 aliphatic heterocycles. The molecule has 1 aromatic carbocycles. The molecular formula is C16H27N3O.